The van der Waals surface area contributed by atoms with Crippen molar-refractivity contribution in [2.45, 2.75) is 38.6 Å². The minimum Gasteiger partial charge on any atom is -0.478 e. The fourth-order valence-corrected chi connectivity index (χ4v) is 2.70. The minimum atomic E-state index is 0.271. The van der Waals surface area contributed by atoms with Gasteiger partial charge in [-0.3, -0.25) is 4.90 Å². The average Bonchev–Trinajstić information content (AvgIpc) is 2.53. The summed E-state index contributed by atoms with van der Waals surface area (Å²) >= 11 is 0. The Morgan fingerprint density at radius 2 is 2.38 bits per heavy atom. The number of hydrogen-bond donors (Lipinski definition) is 2. The van der Waals surface area contributed by atoms with Crippen molar-refractivity contribution >= 4 is 5.95 Å². The maximum absolute atomic E-state index is 9.39. The lowest BCUT2D eigenvalue weighted by Gasteiger charge is -2.34. The topological polar surface area (TPSA) is 70.5 Å². The van der Waals surface area contributed by atoms with Crippen LogP contribution in [0.4, 0.5) is 5.95 Å². The van der Waals surface area contributed by atoms with Crippen molar-refractivity contribution in [3.63, 3.8) is 0 Å². The zero-order valence-electron chi connectivity index (χ0n) is 12.8. The van der Waals surface area contributed by atoms with Gasteiger partial charge in [0.15, 0.2) is 0 Å². The van der Waals surface area contributed by atoms with Gasteiger partial charge in [-0.25, -0.2) is 4.98 Å². The van der Waals surface area contributed by atoms with Gasteiger partial charge in [0.1, 0.15) is 0 Å². The number of anilines is 1. The van der Waals surface area contributed by atoms with E-state index in [1.54, 1.807) is 12.3 Å². The number of aromatic nitrogens is 2. The molecule has 2 N–H and O–H groups in total. The molecule has 0 aliphatic carbocycles. The van der Waals surface area contributed by atoms with Crippen molar-refractivity contribution in [3.05, 3.63) is 12.3 Å². The van der Waals surface area contributed by atoms with E-state index in [0.29, 0.717) is 24.5 Å². The van der Waals surface area contributed by atoms with E-state index in [1.807, 2.05) is 6.92 Å². The summed E-state index contributed by atoms with van der Waals surface area (Å²) in [6.07, 6.45) is 6.30. The average molecular weight is 294 g/mol. The predicted molar refractivity (Wildman–Crippen MR) is 82.6 cm³/mol. The van der Waals surface area contributed by atoms with Gasteiger partial charge in [-0.1, -0.05) is 6.42 Å². The summed E-state index contributed by atoms with van der Waals surface area (Å²) in [6, 6.07) is 2.10. The Hall–Kier alpha value is -1.40. The minimum absolute atomic E-state index is 0.271. The first kappa shape index (κ1) is 16.0. The molecule has 1 aromatic heterocycles. The number of likely N-dealkylation sites (tertiary alicyclic amines) is 1. The molecule has 0 unspecified atom stereocenters. The SMILES string of the molecule is CCOc1ccnc(NCCCN2CCCC[C@@H]2CO)n1. The van der Waals surface area contributed by atoms with Gasteiger partial charge in [0.2, 0.25) is 11.8 Å². The molecule has 1 aromatic rings. The van der Waals surface area contributed by atoms with E-state index in [9.17, 15) is 5.11 Å². The third-order valence-corrected chi connectivity index (χ3v) is 3.79. The second-order valence-electron chi connectivity index (χ2n) is 5.30. The predicted octanol–water partition coefficient (Wildman–Crippen LogP) is 1.52. The molecule has 0 radical (unpaired) electrons. The molecule has 1 atom stereocenters. The summed E-state index contributed by atoms with van der Waals surface area (Å²) in [4.78, 5) is 10.9. The first-order valence-electron chi connectivity index (χ1n) is 7.88. The molecule has 0 bridgehead atoms. The van der Waals surface area contributed by atoms with Crippen LogP contribution in [0.3, 0.4) is 0 Å². The van der Waals surface area contributed by atoms with Crippen molar-refractivity contribution in [1.29, 1.82) is 0 Å². The van der Waals surface area contributed by atoms with E-state index in [1.165, 1.54) is 12.8 Å². The van der Waals surface area contributed by atoms with Gasteiger partial charge in [-0.2, -0.15) is 4.98 Å². The highest BCUT2D eigenvalue weighted by molar-refractivity contribution is 5.27. The van der Waals surface area contributed by atoms with Gasteiger partial charge in [0.05, 0.1) is 13.2 Å². The van der Waals surface area contributed by atoms with Crippen molar-refractivity contribution in [3.8, 4) is 5.88 Å². The molecule has 2 rings (SSSR count). The lowest BCUT2D eigenvalue weighted by atomic mass is 10.0. The van der Waals surface area contributed by atoms with E-state index in [4.69, 9.17) is 4.74 Å². The molecule has 0 spiro atoms. The summed E-state index contributed by atoms with van der Waals surface area (Å²) in [5.41, 5.74) is 0. The van der Waals surface area contributed by atoms with Crippen LogP contribution in [0, 0.1) is 0 Å². The molecule has 6 heteroatoms. The van der Waals surface area contributed by atoms with Crippen LogP contribution in [0.5, 0.6) is 5.88 Å². The van der Waals surface area contributed by atoms with Gasteiger partial charge in [0.25, 0.3) is 0 Å². The van der Waals surface area contributed by atoms with Crippen molar-refractivity contribution in [2.24, 2.45) is 0 Å². The number of nitrogens with one attached hydrogen (secondary N) is 1. The standard InChI is InChI=1S/C15H26N4O2/c1-2-21-14-7-9-17-15(18-14)16-8-5-11-19-10-4-3-6-13(19)12-20/h7,9,13,20H,2-6,8,10-12H2,1H3,(H,16,17,18)/t13-/m1/s1. The lowest BCUT2D eigenvalue weighted by molar-refractivity contribution is 0.0901. The zero-order chi connectivity index (χ0) is 14.9. The Labute approximate surface area is 126 Å². The van der Waals surface area contributed by atoms with Gasteiger partial charge in [0, 0.05) is 31.4 Å². The fourth-order valence-electron chi connectivity index (χ4n) is 2.70. The number of ether oxygens (including phenoxy) is 1. The van der Waals surface area contributed by atoms with E-state index in [-0.39, 0.29) is 6.61 Å². The fraction of sp³-hybridized carbons (Fsp3) is 0.733. The monoisotopic (exact) mass is 294 g/mol. The molecule has 0 aromatic carbocycles. The number of hydrogen-bond acceptors (Lipinski definition) is 6. The molecule has 2 heterocycles. The number of piperidine rings is 1. The Kier molecular flexibility index (Phi) is 6.69. The number of aliphatic hydroxyl groups excluding tert-OH is 1. The van der Waals surface area contributed by atoms with Crippen LogP contribution in [0.2, 0.25) is 0 Å². The van der Waals surface area contributed by atoms with E-state index < -0.39 is 0 Å². The van der Waals surface area contributed by atoms with Crippen LogP contribution in [0.1, 0.15) is 32.6 Å². The molecule has 118 valence electrons. The smallest absolute Gasteiger partial charge is 0.225 e. The van der Waals surface area contributed by atoms with Crippen LogP contribution >= 0.6 is 0 Å². The van der Waals surface area contributed by atoms with Gasteiger partial charge >= 0.3 is 0 Å². The Morgan fingerprint density at radius 1 is 1.48 bits per heavy atom. The number of rotatable bonds is 8. The van der Waals surface area contributed by atoms with Crippen LogP contribution in [0.15, 0.2) is 12.3 Å². The normalized spacial score (nSPS) is 19.4. The van der Waals surface area contributed by atoms with Crippen molar-refractivity contribution in [1.82, 2.24) is 14.9 Å². The molecule has 1 aliphatic rings. The van der Waals surface area contributed by atoms with Gasteiger partial charge < -0.3 is 15.2 Å². The maximum atomic E-state index is 9.39. The molecule has 1 aliphatic heterocycles. The summed E-state index contributed by atoms with van der Waals surface area (Å²) in [6.45, 7) is 5.74. The van der Waals surface area contributed by atoms with Crippen LogP contribution < -0.4 is 10.1 Å². The Balaban J connectivity index is 1.70. The number of nitrogens with zero attached hydrogens (tertiary/aromatic N) is 3. The van der Waals surface area contributed by atoms with Gasteiger partial charge in [-0.05, 0) is 32.7 Å². The van der Waals surface area contributed by atoms with Crippen LogP contribution in [-0.2, 0) is 0 Å². The second-order valence-corrected chi connectivity index (χ2v) is 5.30. The zero-order valence-corrected chi connectivity index (χ0v) is 12.8. The largest absolute Gasteiger partial charge is 0.478 e. The molecular weight excluding hydrogens is 268 g/mol. The highest BCUT2D eigenvalue weighted by Gasteiger charge is 2.20. The quantitative estimate of drug-likeness (QED) is 0.709. The highest BCUT2D eigenvalue weighted by atomic mass is 16.5. The molecular formula is C15H26N4O2. The first-order chi connectivity index (χ1) is 10.3. The van der Waals surface area contributed by atoms with Crippen LogP contribution in [0.25, 0.3) is 0 Å². The summed E-state index contributed by atoms with van der Waals surface area (Å²) in [5, 5.41) is 12.6. The van der Waals surface area contributed by atoms with E-state index >= 15 is 0 Å². The number of aliphatic hydroxyl groups is 1. The second kappa shape index (κ2) is 8.79. The van der Waals surface area contributed by atoms with Crippen molar-refractivity contribution in [2.75, 3.05) is 38.2 Å². The highest BCUT2D eigenvalue weighted by Crippen LogP contribution is 2.16. The van der Waals surface area contributed by atoms with E-state index in [2.05, 4.69) is 20.2 Å². The maximum Gasteiger partial charge on any atom is 0.225 e. The molecule has 1 fully saturated rings. The molecule has 1 saturated heterocycles. The third kappa shape index (κ3) is 5.13. The third-order valence-electron chi connectivity index (χ3n) is 3.79. The molecule has 21 heavy (non-hydrogen) atoms. The van der Waals surface area contributed by atoms with E-state index in [0.717, 1.165) is 32.5 Å². The lowest BCUT2D eigenvalue weighted by Crippen LogP contribution is -2.42. The molecule has 6 nitrogen and oxygen atoms in total. The first-order valence-corrected chi connectivity index (χ1v) is 7.88. The summed E-state index contributed by atoms with van der Waals surface area (Å²) in [5.74, 6) is 1.21. The summed E-state index contributed by atoms with van der Waals surface area (Å²) in [7, 11) is 0. The summed E-state index contributed by atoms with van der Waals surface area (Å²) < 4.78 is 5.35. The molecule has 0 saturated carbocycles. The van der Waals surface area contributed by atoms with Crippen molar-refractivity contribution < 1.29 is 9.84 Å². The van der Waals surface area contributed by atoms with Gasteiger partial charge in [-0.15, -0.1) is 0 Å². The Bertz CT molecular complexity index is 416. The molecule has 0 amide bonds. The Morgan fingerprint density at radius 3 is 3.19 bits per heavy atom. The van der Waals surface area contributed by atoms with Crippen LogP contribution in [-0.4, -0.2) is 58.9 Å².